The third-order valence-electron chi connectivity index (χ3n) is 3.88. The Balaban J connectivity index is 2.34. The zero-order valence-electron chi connectivity index (χ0n) is 11.0. The number of halogens is 2. The molecule has 4 heteroatoms. The second-order valence-electron chi connectivity index (χ2n) is 5.27. The maximum atomic E-state index is 14.3. The molecule has 0 aromatic heterocycles. The Kier molecular flexibility index (Phi) is 4.46. The molecule has 1 saturated carbocycles. The summed E-state index contributed by atoms with van der Waals surface area (Å²) in [6.45, 7) is 1.84. The Bertz CT molecular complexity index is 458. The highest BCUT2D eigenvalue weighted by Crippen LogP contribution is 2.37. The van der Waals surface area contributed by atoms with E-state index in [1.807, 2.05) is 6.92 Å². The molecule has 104 valence electrons. The Morgan fingerprint density at radius 3 is 2.53 bits per heavy atom. The smallest absolute Gasteiger partial charge is 0.326 e. The van der Waals surface area contributed by atoms with Gasteiger partial charge < -0.3 is 5.11 Å². The van der Waals surface area contributed by atoms with Crippen LogP contribution >= 0.6 is 11.6 Å². The van der Waals surface area contributed by atoms with Crippen LogP contribution in [0.2, 0.25) is 0 Å². The summed E-state index contributed by atoms with van der Waals surface area (Å²) in [5, 5.41) is 7.69. The van der Waals surface area contributed by atoms with Crippen molar-refractivity contribution in [2.75, 3.05) is 0 Å². The lowest BCUT2D eigenvalue weighted by Crippen LogP contribution is -2.11. The van der Waals surface area contributed by atoms with Crippen LogP contribution in [-0.2, 0) is 4.79 Å². The van der Waals surface area contributed by atoms with Crippen molar-refractivity contribution in [2.45, 2.75) is 50.3 Å². The predicted octanol–water partition coefficient (Wildman–Crippen LogP) is 4.55. The number of benzene rings is 1. The third-order valence-corrected chi connectivity index (χ3v) is 4.32. The van der Waals surface area contributed by atoms with Crippen molar-refractivity contribution in [1.29, 1.82) is 0 Å². The summed E-state index contributed by atoms with van der Waals surface area (Å²) in [5.41, 5.74) is 1.88. The molecular formula is C15H18ClFO2. The van der Waals surface area contributed by atoms with Crippen LogP contribution in [0.15, 0.2) is 12.1 Å². The summed E-state index contributed by atoms with van der Waals surface area (Å²) in [7, 11) is 0. The van der Waals surface area contributed by atoms with Gasteiger partial charge in [0.2, 0.25) is 0 Å². The molecule has 0 spiro atoms. The lowest BCUT2D eigenvalue weighted by molar-refractivity contribution is -0.136. The molecule has 1 aromatic rings. The molecule has 0 heterocycles. The quantitative estimate of drug-likeness (QED) is 0.827. The first-order chi connectivity index (χ1) is 9.00. The minimum atomic E-state index is -1.19. The summed E-state index contributed by atoms with van der Waals surface area (Å²) in [6.07, 6.45) is 5.52. The highest BCUT2D eigenvalue weighted by Gasteiger charge is 2.24. The topological polar surface area (TPSA) is 37.3 Å². The van der Waals surface area contributed by atoms with Crippen molar-refractivity contribution in [3.05, 3.63) is 34.6 Å². The van der Waals surface area contributed by atoms with Crippen molar-refractivity contribution < 1.29 is 14.3 Å². The van der Waals surface area contributed by atoms with Crippen molar-refractivity contribution in [2.24, 2.45) is 0 Å². The van der Waals surface area contributed by atoms with E-state index in [-0.39, 0.29) is 11.7 Å². The normalized spacial score (nSPS) is 18.3. The van der Waals surface area contributed by atoms with Gasteiger partial charge in [-0.25, -0.2) is 4.39 Å². The van der Waals surface area contributed by atoms with E-state index < -0.39 is 11.3 Å². The number of carboxylic acids is 1. The number of aryl methyl sites for hydroxylation is 1. The molecule has 0 aliphatic heterocycles. The molecule has 0 radical (unpaired) electrons. The average molecular weight is 285 g/mol. The van der Waals surface area contributed by atoms with Gasteiger partial charge in [-0.1, -0.05) is 25.3 Å². The fourth-order valence-corrected chi connectivity index (χ4v) is 3.10. The van der Waals surface area contributed by atoms with Gasteiger partial charge in [-0.05, 0) is 48.4 Å². The van der Waals surface area contributed by atoms with Crippen LogP contribution < -0.4 is 0 Å². The standard InChI is InChI=1S/C15H18ClFO2/c1-9-7-11(14(16)15(18)19)8-12(17)13(9)10-5-3-2-4-6-10/h7-8,10,14H,2-6H2,1H3,(H,18,19). The van der Waals surface area contributed by atoms with Crippen LogP contribution in [0.3, 0.4) is 0 Å². The summed E-state index contributed by atoms with van der Waals surface area (Å²) in [4.78, 5) is 10.9. The molecule has 1 aliphatic carbocycles. The minimum Gasteiger partial charge on any atom is -0.480 e. The van der Waals surface area contributed by atoms with Crippen LogP contribution in [0.5, 0.6) is 0 Å². The Hall–Kier alpha value is -1.09. The molecule has 1 atom stereocenters. The molecule has 2 rings (SSSR count). The van der Waals surface area contributed by atoms with E-state index in [0.717, 1.165) is 36.8 Å². The molecule has 0 amide bonds. The van der Waals surface area contributed by atoms with Gasteiger partial charge in [-0.3, -0.25) is 4.79 Å². The number of hydrogen-bond acceptors (Lipinski definition) is 1. The van der Waals surface area contributed by atoms with E-state index >= 15 is 0 Å². The summed E-state index contributed by atoms with van der Waals surface area (Å²) >= 11 is 5.76. The van der Waals surface area contributed by atoms with Crippen LogP contribution in [0.4, 0.5) is 4.39 Å². The van der Waals surface area contributed by atoms with Crippen molar-refractivity contribution in [3.8, 4) is 0 Å². The zero-order chi connectivity index (χ0) is 14.0. The monoisotopic (exact) mass is 284 g/mol. The highest BCUT2D eigenvalue weighted by molar-refractivity contribution is 6.29. The molecule has 1 fully saturated rings. The van der Waals surface area contributed by atoms with Crippen LogP contribution in [0.1, 0.15) is 60.1 Å². The van der Waals surface area contributed by atoms with E-state index in [1.54, 1.807) is 6.07 Å². The molecule has 1 unspecified atom stereocenters. The van der Waals surface area contributed by atoms with Gasteiger partial charge in [0.05, 0.1) is 0 Å². The Morgan fingerprint density at radius 2 is 2.00 bits per heavy atom. The summed E-state index contributed by atoms with van der Waals surface area (Å²) < 4.78 is 14.3. The van der Waals surface area contributed by atoms with E-state index in [4.69, 9.17) is 16.7 Å². The van der Waals surface area contributed by atoms with Crippen molar-refractivity contribution in [1.82, 2.24) is 0 Å². The van der Waals surface area contributed by atoms with Crippen molar-refractivity contribution in [3.63, 3.8) is 0 Å². The van der Waals surface area contributed by atoms with Gasteiger partial charge in [0.1, 0.15) is 5.82 Å². The van der Waals surface area contributed by atoms with Gasteiger partial charge in [0, 0.05) is 0 Å². The first kappa shape index (κ1) is 14.3. The highest BCUT2D eigenvalue weighted by atomic mass is 35.5. The zero-order valence-corrected chi connectivity index (χ0v) is 11.7. The number of carboxylic acid groups (broad SMARTS) is 1. The lowest BCUT2D eigenvalue weighted by atomic mass is 9.81. The first-order valence-corrected chi connectivity index (χ1v) is 7.11. The van der Waals surface area contributed by atoms with E-state index in [1.165, 1.54) is 12.5 Å². The maximum absolute atomic E-state index is 14.3. The number of carbonyl (C=O) groups is 1. The molecule has 2 nitrogen and oxygen atoms in total. The fourth-order valence-electron chi connectivity index (χ4n) is 2.98. The molecule has 0 bridgehead atoms. The molecular weight excluding hydrogens is 267 g/mol. The van der Waals surface area contributed by atoms with Crippen molar-refractivity contribution >= 4 is 17.6 Å². The average Bonchev–Trinajstić information content (AvgIpc) is 2.38. The largest absolute Gasteiger partial charge is 0.480 e. The SMILES string of the molecule is Cc1cc(C(Cl)C(=O)O)cc(F)c1C1CCCCC1. The number of aliphatic carboxylic acids is 1. The Morgan fingerprint density at radius 1 is 1.37 bits per heavy atom. The van der Waals surface area contributed by atoms with Gasteiger partial charge >= 0.3 is 5.97 Å². The third kappa shape index (κ3) is 3.08. The fraction of sp³-hybridized carbons (Fsp3) is 0.533. The molecule has 19 heavy (non-hydrogen) atoms. The van der Waals surface area contributed by atoms with Crippen LogP contribution in [-0.4, -0.2) is 11.1 Å². The first-order valence-electron chi connectivity index (χ1n) is 6.67. The van der Waals surface area contributed by atoms with E-state index in [2.05, 4.69) is 0 Å². The number of hydrogen-bond donors (Lipinski definition) is 1. The van der Waals surface area contributed by atoms with Crippen LogP contribution in [0.25, 0.3) is 0 Å². The van der Waals surface area contributed by atoms with E-state index in [9.17, 15) is 9.18 Å². The summed E-state index contributed by atoms with van der Waals surface area (Å²) in [6, 6.07) is 2.99. The van der Waals surface area contributed by atoms with E-state index in [0.29, 0.717) is 5.56 Å². The van der Waals surface area contributed by atoms with Gasteiger partial charge in [-0.2, -0.15) is 0 Å². The van der Waals surface area contributed by atoms with Crippen LogP contribution in [0, 0.1) is 12.7 Å². The lowest BCUT2D eigenvalue weighted by Gasteiger charge is -2.24. The molecule has 0 saturated heterocycles. The molecule has 1 aromatic carbocycles. The molecule has 1 N–H and O–H groups in total. The minimum absolute atomic E-state index is 0.265. The molecule has 1 aliphatic rings. The second kappa shape index (κ2) is 5.91. The second-order valence-corrected chi connectivity index (χ2v) is 5.71. The predicted molar refractivity (Wildman–Crippen MR) is 73.2 cm³/mol. The number of alkyl halides is 1. The maximum Gasteiger partial charge on any atom is 0.326 e. The number of rotatable bonds is 3. The van der Waals surface area contributed by atoms with Gasteiger partial charge in [0.25, 0.3) is 0 Å². The van der Waals surface area contributed by atoms with Gasteiger partial charge in [-0.15, -0.1) is 11.6 Å². The Labute approximate surface area is 117 Å². The van der Waals surface area contributed by atoms with Gasteiger partial charge in [0.15, 0.2) is 5.38 Å². The summed E-state index contributed by atoms with van der Waals surface area (Å²) in [5.74, 6) is -1.19.